The van der Waals surface area contributed by atoms with Crippen LogP contribution in [0.4, 0.5) is 0 Å². The molecule has 2 heterocycles. The highest BCUT2D eigenvalue weighted by Crippen LogP contribution is 2.54. The third-order valence-corrected chi connectivity index (χ3v) is 7.97. The average molecular weight is 430 g/mol. The van der Waals surface area contributed by atoms with Gasteiger partial charge in [-0.05, 0) is 60.7 Å². The van der Waals surface area contributed by atoms with Crippen LogP contribution in [0, 0.1) is 29.6 Å². The minimum atomic E-state index is 0.552. The number of rotatable bonds is 4. The molecule has 0 aromatic rings. The highest BCUT2D eigenvalue weighted by atomic mass is 127. The summed E-state index contributed by atoms with van der Waals surface area (Å²) in [6.45, 7) is 12.4. The van der Waals surface area contributed by atoms with E-state index in [4.69, 9.17) is 0 Å². The van der Waals surface area contributed by atoms with Gasteiger partial charge in [-0.2, -0.15) is 0 Å². The molecule has 132 valence electrons. The first-order valence-corrected chi connectivity index (χ1v) is 11.2. The molecule has 0 spiro atoms. The van der Waals surface area contributed by atoms with E-state index in [0.29, 0.717) is 6.17 Å². The van der Waals surface area contributed by atoms with Crippen molar-refractivity contribution < 1.29 is 0 Å². The molecule has 2 nitrogen and oxygen atoms in total. The summed E-state index contributed by atoms with van der Waals surface area (Å²) in [4.78, 5) is 5.49. The number of alkyl halides is 1. The van der Waals surface area contributed by atoms with Crippen LogP contribution in [0.25, 0.3) is 0 Å². The molecule has 1 saturated heterocycles. The summed E-state index contributed by atoms with van der Waals surface area (Å²) in [5.41, 5.74) is 3.43. The Kier molecular flexibility index (Phi) is 5.26. The zero-order valence-corrected chi connectivity index (χ0v) is 18.0. The summed E-state index contributed by atoms with van der Waals surface area (Å²) in [5.74, 6) is 4.03. The fraction of sp³-hybridized carbons (Fsp3) is 0.900. The number of hydrogen-bond donors (Lipinski definition) is 0. The van der Waals surface area contributed by atoms with Gasteiger partial charge in [0.25, 0.3) is 0 Å². The van der Waals surface area contributed by atoms with Crippen LogP contribution in [-0.2, 0) is 0 Å². The van der Waals surface area contributed by atoms with Crippen molar-refractivity contribution >= 4 is 22.6 Å². The molecule has 2 aliphatic heterocycles. The second-order valence-electron chi connectivity index (χ2n) is 8.58. The van der Waals surface area contributed by atoms with Crippen LogP contribution >= 0.6 is 22.6 Å². The van der Waals surface area contributed by atoms with Gasteiger partial charge >= 0.3 is 0 Å². The van der Waals surface area contributed by atoms with E-state index in [1.807, 2.05) is 0 Å². The Balaban J connectivity index is 2.07. The van der Waals surface area contributed by atoms with Gasteiger partial charge in [0.05, 0.1) is 6.17 Å². The predicted molar refractivity (Wildman–Crippen MR) is 107 cm³/mol. The second-order valence-corrected chi connectivity index (χ2v) is 9.65. The van der Waals surface area contributed by atoms with Crippen LogP contribution in [-0.4, -0.2) is 33.5 Å². The lowest BCUT2D eigenvalue weighted by molar-refractivity contribution is -0.0203. The van der Waals surface area contributed by atoms with Gasteiger partial charge in [0, 0.05) is 30.4 Å². The summed E-state index contributed by atoms with van der Waals surface area (Å²) in [6.07, 6.45) is 6.04. The van der Waals surface area contributed by atoms with E-state index in [0.717, 1.165) is 35.6 Å². The summed E-state index contributed by atoms with van der Waals surface area (Å²) in [6, 6.07) is 0.721. The Hall–Kier alpha value is 0.0700. The number of allylic oxidation sites excluding steroid dienone is 2. The van der Waals surface area contributed by atoms with Crippen molar-refractivity contribution in [3.63, 3.8) is 0 Å². The maximum absolute atomic E-state index is 2.89. The second kappa shape index (κ2) is 6.76. The monoisotopic (exact) mass is 430 g/mol. The van der Waals surface area contributed by atoms with Gasteiger partial charge in [0.15, 0.2) is 0 Å². The van der Waals surface area contributed by atoms with Crippen LogP contribution in [0.1, 0.15) is 60.3 Å². The van der Waals surface area contributed by atoms with E-state index in [-0.39, 0.29) is 0 Å². The van der Waals surface area contributed by atoms with Gasteiger partial charge in [-0.15, -0.1) is 0 Å². The molecular weight excluding hydrogens is 395 g/mol. The zero-order chi connectivity index (χ0) is 16.9. The Labute approximate surface area is 157 Å². The molecule has 23 heavy (non-hydrogen) atoms. The summed E-state index contributed by atoms with van der Waals surface area (Å²) >= 11 is 2.60. The van der Waals surface area contributed by atoms with E-state index < -0.39 is 0 Å². The highest BCUT2D eigenvalue weighted by Gasteiger charge is 2.52. The summed E-state index contributed by atoms with van der Waals surface area (Å²) in [5, 5.41) is 0. The molecule has 1 fully saturated rings. The molecule has 0 aromatic heterocycles. The van der Waals surface area contributed by atoms with Crippen molar-refractivity contribution in [3.05, 3.63) is 11.4 Å². The highest BCUT2D eigenvalue weighted by molar-refractivity contribution is 14.1. The molecule has 0 aromatic carbocycles. The number of nitrogens with zero attached hydrogens (tertiary/aromatic N) is 2. The fourth-order valence-electron chi connectivity index (χ4n) is 5.61. The molecule has 6 unspecified atom stereocenters. The Morgan fingerprint density at radius 3 is 2.52 bits per heavy atom. The number of hydrogen-bond acceptors (Lipinski definition) is 2. The Morgan fingerprint density at radius 2 is 1.91 bits per heavy atom. The van der Waals surface area contributed by atoms with Crippen LogP contribution < -0.4 is 0 Å². The van der Waals surface area contributed by atoms with Gasteiger partial charge in [-0.3, -0.25) is 0 Å². The lowest BCUT2D eigenvalue weighted by atomic mass is 9.64. The molecule has 3 heteroatoms. The van der Waals surface area contributed by atoms with Crippen molar-refractivity contribution in [2.45, 2.75) is 72.5 Å². The average Bonchev–Trinajstić information content (AvgIpc) is 2.78. The quantitative estimate of drug-likeness (QED) is 0.439. The lowest BCUT2D eigenvalue weighted by Gasteiger charge is -2.54. The normalized spacial score (nSPS) is 38.3. The maximum atomic E-state index is 2.89. The molecule has 0 N–H and O–H groups in total. The number of halogens is 1. The SMILES string of the molecule is CC(C)C(C)C1C(CCI)C(C)C2CCCC3=C2N1C(C)N3C. The van der Waals surface area contributed by atoms with Crippen LogP contribution in [0.15, 0.2) is 11.4 Å². The molecule has 6 atom stereocenters. The zero-order valence-electron chi connectivity index (χ0n) is 15.8. The standard InChI is InChI=1S/C20H35IN2/c1-12(2)13(3)19-17(10-11-21)14(4)16-8-7-9-18-20(16)23(19)15(5)22(18)6/h12-17,19H,7-11H2,1-6H3. The molecule has 0 saturated carbocycles. The topological polar surface area (TPSA) is 6.48 Å². The third kappa shape index (κ3) is 2.73. The molecule has 0 radical (unpaired) electrons. The third-order valence-electron chi connectivity index (χ3n) is 7.35. The first-order chi connectivity index (χ1) is 10.9. The van der Waals surface area contributed by atoms with Crippen LogP contribution in [0.5, 0.6) is 0 Å². The van der Waals surface area contributed by atoms with Gasteiger partial charge in [-0.25, -0.2) is 0 Å². The van der Waals surface area contributed by atoms with Crippen LogP contribution in [0.2, 0.25) is 0 Å². The molecule has 3 rings (SSSR count). The van der Waals surface area contributed by atoms with E-state index in [1.54, 1.807) is 11.4 Å². The van der Waals surface area contributed by atoms with Gasteiger partial charge < -0.3 is 9.80 Å². The molecule has 1 aliphatic carbocycles. The van der Waals surface area contributed by atoms with E-state index in [9.17, 15) is 0 Å². The lowest BCUT2D eigenvalue weighted by Crippen LogP contribution is -2.57. The van der Waals surface area contributed by atoms with Crippen molar-refractivity contribution in [2.24, 2.45) is 29.6 Å². The van der Waals surface area contributed by atoms with E-state index in [2.05, 4.69) is 74.1 Å². The first kappa shape index (κ1) is 17.9. The van der Waals surface area contributed by atoms with Crippen LogP contribution in [0.3, 0.4) is 0 Å². The van der Waals surface area contributed by atoms with E-state index >= 15 is 0 Å². The Morgan fingerprint density at radius 1 is 1.22 bits per heavy atom. The summed E-state index contributed by atoms with van der Waals surface area (Å²) < 4.78 is 1.30. The predicted octanol–water partition coefficient (Wildman–Crippen LogP) is 5.34. The fourth-order valence-corrected chi connectivity index (χ4v) is 6.33. The maximum Gasteiger partial charge on any atom is 0.0982 e. The molecule has 3 aliphatic rings. The van der Waals surface area contributed by atoms with Crippen molar-refractivity contribution in [1.29, 1.82) is 0 Å². The van der Waals surface area contributed by atoms with Crippen molar-refractivity contribution in [1.82, 2.24) is 9.80 Å². The number of piperidine rings is 1. The van der Waals surface area contributed by atoms with Crippen molar-refractivity contribution in [2.75, 3.05) is 11.5 Å². The minimum Gasteiger partial charge on any atom is -0.356 e. The van der Waals surface area contributed by atoms with Gasteiger partial charge in [0.1, 0.15) is 0 Å². The first-order valence-electron chi connectivity index (χ1n) is 9.70. The minimum absolute atomic E-state index is 0.552. The van der Waals surface area contributed by atoms with Crippen molar-refractivity contribution in [3.8, 4) is 0 Å². The molecule has 0 amide bonds. The van der Waals surface area contributed by atoms with Gasteiger partial charge in [0.2, 0.25) is 0 Å². The Bertz CT molecular complexity index is 472. The molecular formula is C20H35IN2. The summed E-state index contributed by atoms with van der Waals surface area (Å²) in [7, 11) is 2.34. The van der Waals surface area contributed by atoms with Gasteiger partial charge in [-0.1, -0.05) is 50.3 Å². The van der Waals surface area contributed by atoms with E-state index in [1.165, 1.54) is 30.1 Å². The largest absolute Gasteiger partial charge is 0.356 e. The smallest absolute Gasteiger partial charge is 0.0982 e. The molecule has 0 bridgehead atoms.